The quantitative estimate of drug-likeness (QED) is 0.404. The van der Waals surface area contributed by atoms with Crippen molar-refractivity contribution in [2.45, 2.75) is 17.2 Å². The molecular weight excluding hydrogens is 338 g/mol. The van der Waals surface area contributed by atoms with Crippen molar-refractivity contribution in [3.63, 3.8) is 0 Å². The van der Waals surface area contributed by atoms with Gasteiger partial charge in [0.1, 0.15) is 11.4 Å². The number of aromatic nitrogens is 5. The number of hydrogen-bond donors (Lipinski definition) is 0. The number of aryl methyl sites for hydroxylation is 1. The van der Waals surface area contributed by atoms with E-state index in [1.54, 1.807) is 34.1 Å². The van der Waals surface area contributed by atoms with Crippen molar-refractivity contribution < 1.29 is 0 Å². The molecule has 0 spiro atoms. The fraction of sp³-hybridized carbons (Fsp3) is 0.176. The minimum Gasteiger partial charge on any atom is -0.250 e. The van der Waals surface area contributed by atoms with Crippen molar-refractivity contribution in [2.75, 3.05) is 0 Å². The Kier molecular flexibility index (Phi) is 4.27. The van der Waals surface area contributed by atoms with Crippen molar-refractivity contribution in [1.82, 2.24) is 24.7 Å². The lowest BCUT2D eigenvalue weighted by Crippen LogP contribution is -1.93. The zero-order chi connectivity index (χ0) is 16.4. The number of benzene rings is 1. The molecule has 0 aliphatic heterocycles. The Morgan fingerprint density at radius 1 is 1.17 bits per heavy atom. The third-order valence-electron chi connectivity index (χ3n) is 3.65. The van der Waals surface area contributed by atoms with Gasteiger partial charge in [0.25, 0.3) is 0 Å². The van der Waals surface area contributed by atoms with Crippen LogP contribution in [0.25, 0.3) is 11.0 Å². The van der Waals surface area contributed by atoms with Gasteiger partial charge in [0.2, 0.25) is 0 Å². The maximum atomic E-state index is 4.74. The standard InChI is InChI=1S/C17H15N5S2/c1-22-16-14(8-20-22)17(19-11-18-16)24-10-13-9-23-15(21-13)7-12-5-3-2-4-6-12/h2-6,8-9,11H,7,10H2,1H3. The molecule has 4 aromatic rings. The highest BCUT2D eigenvalue weighted by molar-refractivity contribution is 7.98. The highest BCUT2D eigenvalue weighted by Crippen LogP contribution is 2.27. The van der Waals surface area contributed by atoms with E-state index in [0.29, 0.717) is 0 Å². The molecule has 0 bridgehead atoms. The molecule has 7 heteroatoms. The minimum absolute atomic E-state index is 0.798. The van der Waals surface area contributed by atoms with Crippen LogP contribution < -0.4 is 0 Å². The lowest BCUT2D eigenvalue weighted by atomic mass is 10.2. The molecule has 0 unspecified atom stereocenters. The molecule has 5 nitrogen and oxygen atoms in total. The number of hydrogen-bond acceptors (Lipinski definition) is 6. The van der Waals surface area contributed by atoms with E-state index in [4.69, 9.17) is 4.98 Å². The van der Waals surface area contributed by atoms with Gasteiger partial charge < -0.3 is 0 Å². The molecule has 3 heterocycles. The van der Waals surface area contributed by atoms with Gasteiger partial charge in [-0.2, -0.15) is 5.10 Å². The lowest BCUT2D eigenvalue weighted by Gasteiger charge is -2.00. The maximum Gasteiger partial charge on any atom is 0.162 e. The SMILES string of the molecule is Cn1ncc2c(SCc3csc(Cc4ccccc4)n3)ncnc21. The molecule has 0 saturated heterocycles. The van der Waals surface area contributed by atoms with Gasteiger partial charge in [0.15, 0.2) is 5.65 Å². The Hall–Kier alpha value is -2.25. The largest absolute Gasteiger partial charge is 0.250 e. The average molecular weight is 353 g/mol. The zero-order valence-corrected chi connectivity index (χ0v) is 14.7. The predicted molar refractivity (Wildman–Crippen MR) is 97.2 cm³/mol. The third kappa shape index (κ3) is 3.18. The Morgan fingerprint density at radius 2 is 2.04 bits per heavy atom. The van der Waals surface area contributed by atoms with Crippen LogP contribution in [0.15, 0.2) is 53.3 Å². The van der Waals surface area contributed by atoms with E-state index < -0.39 is 0 Å². The summed E-state index contributed by atoms with van der Waals surface area (Å²) in [6, 6.07) is 10.4. The highest BCUT2D eigenvalue weighted by Gasteiger charge is 2.10. The second-order valence-electron chi connectivity index (χ2n) is 5.37. The molecular formula is C17H15N5S2. The Morgan fingerprint density at radius 3 is 2.92 bits per heavy atom. The van der Waals surface area contributed by atoms with Crippen LogP contribution in [-0.2, 0) is 19.2 Å². The number of fused-ring (bicyclic) bond motifs is 1. The van der Waals surface area contributed by atoms with Crippen LogP contribution in [0, 0.1) is 0 Å². The minimum atomic E-state index is 0.798. The summed E-state index contributed by atoms with van der Waals surface area (Å²) >= 11 is 3.39. The number of thiazole rings is 1. The Bertz CT molecular complexity index is 961. The molecule has 0 aliphatic carbocycles. The van der Waals surface area contributed by atoms with E-state index in [2.05, 4.69) is 44.7 Å². The van der Waals surface area contributed by atoms with Gasteiger partial charge in [-0.3, -0.25) is 4.68 Å². The molecule has 0 aliphatic rings. The summed E-state index contributed by atoms with van der Waals surface area (Å²) in [4.78, 5) is 13.4. The first-order valence-corrected chi connectivity index (χ1v) is 9.39. The second kappa shape index (κ2) is 6.70. The average Bonchev–Trinajstić information content (AvgIpc) is 3.21. The summed E-state index contributed by atoms with van der Waals surface area (Å²) in [5.41, 5.74) is 3.24. The van der Waals surface area contributed by atoms with E-state index in [9.17, 15) is 0 Å². The smallest absolute Gasteiger partial charge is 0.162 e. The number of nitrogens with zero attached hydrogens (tertiary/aromatic N) is 5. The Balaban J connectivity index is 1.46. The summed E-state index contributed by atoms with van der Waals surface area (Å²) in [7, 11) is 1.89. The summed E-state index contributed by atoms with van der Waals surface area (Å²) in [5, 5.41) is 9.47. The molecule has 0 amide bonds. The molecule has 1 aromatic carbocycles. The summed E-state index contributed by atoms with van der Waals surface area (Å²) < 4.78 is 1.77. The first-order chi connectivity index (χ1) is 11.8. The lowest BCUT2D eigenvalue weighted by molar-refractivity contribution is 0.784. The maximum absolute atomic E-state index is 4.74. The summed E-state index contributed by atoms with van der Waals surface area (Å²) in [6.45, 7) is 0. The van der Waals surface area contributed by atoms with Gasteiger partial charge in [0.05, 0.1) is 22.3 Å². The van der Waals surface area contributed by atoms with Crippen LogP contribution >= 0.6 is 23.1 Å². The second-order valence-corrected chi connectivity index (χ2v) is 7.27. The van der Waals surface area contributed by atoms with Gasteiger partial charge in [-0.25, -0.2) is 15.0 Å². The van der Waals surface area contributed by atoms with Crippen molar-refractivity contribution in [1.29, 1.82) is 0 Å². The van der Waals surface area contributed by atoms with Gasteiger partial charge >= 0.3 is 0 Å². The van der Waals surface area contributed by atoms with Crippen LogP contribution in [-0.4, -0.2) is 24.7 Å². The number of rotatable bonds is 5. The summed E-state index contributed by atoms with van der Waals surface area (Å²) in [5.74, 6) is 0.798. The van der Waals surface area contributed by atoms with E-state index >= 15 is 0 Å². The fourth-order valence-electron chi connectivity index (χ4n) is 2.46. The van der Waals surface area contributed by atoms with Gasteiger partial charge in [-0.15, -0.1) is 11.3 Å². The van der Waals surface area contributed by atoms with E-state index in [1.165, 1.54) is 5.56 Å². The Labute approximate surface area is 147 Å². The third-order valence-corrected chi connectivity index (χ3v) is 5.58. The molecule has 24 heavy (non-hydrogen) atoms. The molecule has 0 N–H and O–H groups in total. The number of thioether (sulfide) groups is 1. The molecule has 3 aromatic heterocycles. The van der Waals surface area contributed by atoms with E-state index in [1.807, 2.05) is 19.3 Å². The van der Waals surface area contributed by atoms with Crippen molar-refractivity contribution >= 4 is 34.1 Å². The molecule has 0 fully saturated rings. The van der Waals surface area contributed by atoms with Crippen molar-refractivity contribution in [2.24, 2.45) is 7.05 Å². The molecule has 120 valence electrons. The van der Waals surface area contributed by atoms with Gasteiger partial charge in [-0.1, -0.05) is 42.1 Å². The van der Waals surface area contributed by atoms with Crippen LogP contribution in [0.1, 0.15) is 16.3 Å². The van der Waals surface area contributed by atoms with E-state index in [-0.39, 0.29) is 0 Å². The van der Waals surface area contributed by atoms with Crippen molar-refractivity contribution in [3.05, 3.63) is 64.5 Å². The highest BCUT2D eigenvalue weighted by atomic mass is 32.2. The predicted octanol–water partition coefficient (Wildman–Crippen LogP) is 3.70. The van der Waals surface area contributed by atoms with Crippen molar-refractivity contribution in [3.8, 4) is 0 Å². The first-order valence-electron chi connectivity index (χ1n) is 7.52. The molecule has 4 rings (SSSR count). The van der Waals surface area contributed by atoms with E-state index in [0.717, 1.165) is 38.9 Å². The molecule has 0 saturated carbocycles. The monoisotopic (exact) mass is 353 g/mol. The van der Waals surface area contributed by atoms with Gasteiger partial charge in [0, 0.05) is 24.6 Å². The summed E-state index contributed by atoms with van der Waals surface area (Å²) in [6.07, 6.45) is 4.30. The van der Waals surface area contributed by atoms with Crippen LogP contribution in [0.3, 0.4) is 0 Å². The topological polar surface area (TPSA) is 56.5 Å². The molecule has 0 radical (unpaired) electrons. The first kappa shape index (κ1) is 15.3. The molecule has 0 atom stereocenters. The zero-order valence-electron chi connectivity index (χ0n) is 13.1. The van der Waals surface area contributed by atoms with Gasteiger partial charge in [-0.05, 0) is 5.56 Å². The fourth-order valence-corrected chi connectivity index (χ4v) is 4.25. The van der Waals surface area contributed by atoms with Crippen LogP contribution in [0.2, 0.25) is 0 Å². The van der Waals surface area contributed by atoms with Crippen LogP contribution in [0.5, 0.6) is 0 Å². The normalized spacial score (nSPS) is 11.2. The van der Waals surface area contributed by atoms with Crippen LogP contribution in [0.4, 0.5) is 0 Å².